The second-order valence-corrected chi connectivity index (χ2v) is 4.08. The molecule has 0 bridgehead atoms. The summed E-state index contributed by atoms with van der Waals surface area (Å²) < 4.78 is 16.2. The Morgan fingerprint density at radius 3 is 2.11 bits per heavy atom. The van der Waals surface area contributed by atoms with Gasteiger partial charge in [-0.1, -0.05) is 24.3 Å². The highest BCUT2D eigenvalue weighted by atomic mass is 16.7. The number of hydrogen-bond donors (Lipinski definition) is 0. The molecule has 0 unspecified atom stereocenters. The topological polar surface area (TPSA) is 27.7 Å². The van der Waals surface area contributed by atoms with Gasteiger partial charge in [0.25, 0.3) is 0 Å². The van der Waals surface area contributed by atoms with Crippen molar-refractivity contribution < 1.29 is 14.2 Å². The van der Waals surface area contributed by atoms with Gasteiger partial charge in [-0.2, -0.15) is 0 Å². The summed E-state index contributed by atoms with van der Waals surface area (Å²) in [4.78, 5) is 0. The lowest BCUT2D eigenvalue weighted by Gasteiger charge is -2.17. The molecular weight excluding hydrogens is 228 g/mol. The van der Waals surface area contributed by atoms with Gasteiger partial charge in [-0.25, -0.2) is 0 Å². The first kappa shape index (κ1) is 15.2. The maximum absolute atomic E-state index is 5.56. The molecule has 0 aliphatic rings. The maximum atomic E-state index is 5.56. The van der Waals surface area contributed by atoms with Gasteiger partial charge in [0.1, 0.15) is 0 Å². The molecule has 1 aromatic carbocycles. The van der Waals surface area contributed by atoms with Gasteiger partial charge in [0.2, 0.25) is 0 Å². The van der Waals surface area contributed by atoms with Crippen molar-refractivity contribution in [1.82, 2.24) is 0 Å². The molecule has 0 aliphatic carbocycles. The SMILES string of the molecule is CCOC(OCC)c1ccc(CCCOC)cc1. The van der Waals surface area contributed by atoms with Crippen LogP contribution < -0.4 is 0 Å². The lowest BCUT2D eigenvalue weighted by molar-refractivity contribution is -0.140. The Kier molecular flexibility index (Phi) is 7.65. The number of methoxy groups -OCH3 is 1. The zero-order chi connectivity index (χ0) is 13.2. The van der Waals surface area contributed by atoms with Gasteiger partial charge in [-0.05, 0) is 32.3 Å². The Balaban J connectivity index is 2.56. The summed E-state index contributed by atoms with van der Waals surface area (Å²) in [5, 5.41) is 0. The molecule has 18 heavy (non-hydrogen) atoms. The third-order valence-corrected chi connectivity index (χ3v) is 2.70. The van der Waals surface area contributed by atoms with Crippen LogP contribution in [0, 0.1) is 0 Å². The summed E-state index contributed by atoms with van der Waals surface area (Å²) in [5.74, 6) is 0. The van der Waals surface area contributed by atoms with Crippen molar-refractivity contribution in [3.63, 3.8) is 0 Å². The number of rotatable bonds is 9. The van der Waals surface area contributed by atoms with Gasteiger partial charge < -0.3 is 14.2 Å². The van der Waals surface area contributed by atoms with E-state index in [1.807, 2.05) is 13.8 Å². The van der Waals surface area contributed by atoms with Crippen molar-refractivity contribution in [2.75, 3.05) is 26.9 Å². The van der Waals surface area contributed by atoms with Crippen LogP contribution in [0.25, 0.3) is 0 Å². The van der Waals surface area contributed by atoms with Crippen molar-refractivity contribution >= 4 is 0 Å². The first-order chi connectivity index (χ1) is 8.81. The lowest BCUT2D eigenvalue weighted by atomic mass is 10.1. The molecule has 1 rings (SSSR count). The Morgan fingerprint density at radius 2 is 1.61 bits per heavy atom. The molecule has 0 aliphatic heterocycles. The number of ether oxygens (including phenoxy) is 3. The van der Waals surface area contributed by atoms with Crippen LogP contribution in [-0.4, -0.2) is 26.9 Å². The molecule has 1 aromatic rings. The largest absolute Gasteiger partial charge is 0.385 e. The average Bonchev–Trinajstić information content (AvgIpc) is 2.40. The smallest absolute Gasteiger partial charge is 0.183 e. The fourth-order valence-corrected chi connectivity index (χ4v) is 1.81. The Bertz CT molecular complexity index is 302. The van der Waals surface area contributed by atoms with Crippen LogP contribution in [0.4, 0.5) is 0 Å². The Labute approximate surface area is 110 Å². The van der Waals surface area contributed by atoms with E-state index in [9.17, 15) is 0 Å². The van der Waals surface area contributed by atoms with Crippen LogP contribution in [0.15, 0.2) is 24.3 Å². The van der Waals surface area contributed by atoms with E-state index in [1.54, 1.807) is 7.11 Å². The van der Waals surface area contributed by atoms with Crippen LogP contribution in [-0.2, 0) is 20.6 Å². The summed E-state index contributed by atoms with van der Waals surface area (Å²) >= 11 is 0. The highest BCUT2D eigenvalue weighted by molar-refractivity contribution is 5.23. The molecule has 0 fully saturated rings. The van der Waals surface area contributed by atoms with Gasteiger partial charge >= 0.3 is 0 Å². The Morgan fingerprint density at radius 1 is 1.00 bits per heavy atom. The Hall–Kier alpha value is -0.900. The fourth-order valence-electron chi connectivity index (χ4n) is 1.81. The van der Waals surface area contributed by atoms with Gasteiger partial charge in [-0.3, -0.25) is 0 Å². The average molecular weight is 252 g/mol. The summed E-state index contributed by atoms with van der Waals surface area (Å²) in [6, 6.07) is 8.43. The van der Waals surface area contributed by atoms with E-state index in [-0.39, 0.29) is 6.29 Å². The van der Waals surface area contributed by atoms with E-state index in [0.717, 1.165) is 25.0 Å². The molecule has 0 saturated heterocycles. The van der Waals surface area contributed by atoms with Gasteiger partial charge in [0.15, 0.2) is 6.29 Å². The molecule has 3 heteroatoms. The number of benzene rings is 1. The zero-order valence-corrected chi connectivity index (χ0v) is 11.6. The highest BCUT2D eigenvalue weighted by Gasteiger charge is 2.10. The van der Waals surface area contributed by atoms with E-state index in [2.05, 4.69) is 24.3 Å². The highest BCUT2D eigenvalue weighted by Crippen LogP contribution is 2.19. The fraction of sp³-hybridized carbons (Fsp3) is 0.600. The van der Waals surface area contributed by atoms with Crippen molar-refractivity contribution in [1.29, 1.82) is 0 Å². The molecule has 0 amide bonds. The minimum Gasteiger partial charge on any atom is -0.385 e. The maximum Gasteiger partial charge on any atom is 0.183 e. The first-order valence-corrected chi connectivity index (χ1v) is 6.62. The molecule has 0 saturated carbocycles. The number of hydrogen-bond acceptors (Lipinski definition) is 3. The second-order valence-electron chi connectivity index (χ2n) is 4.08. The quantitative estimate of drug-likeness (QED) is 0.498. The van der Waals surface area contributed by atoms with Crippen molar-refractivity contribution in [2.24, 2.45) is 0 Å². The van der Waals surface area contributed by atoms with Crippen LogP contribution >= 0.6 is 0 Å². The molecule has 0 heterocycles. The van der Waals surface area contributed by atoms with E-state index in [1.165, 1.54) is 5.56 Å². The summed E-state index contributed by atoms with van der Waals surface area (Å²) in [7, 11) is 1.73. The molecule has 102 valence electrons. The van der Waals surface area contributed by atoms with Crippen molar-refractivity contribution in [2.45, 2.75) is 33.0 Å². The van der Waals surface area contributed by atoms with Crippen molar-refractivity contribution in [3.05, 3.63) is 35.4 Å². The molecule has 0 spiro atoms. The lowest BCUT2D eigenvalue weighted by Crippen LogP contribution is -2.08. The predicted molar refractivity (Wildman–Crippen MR) is 72.6 cm³/mol. The molecule has 0 atom stereocenters. The normalized spacial score (nSPS) is 11.1. The standard InChI is InChI=1S/C15H24O3/c1-4-17-15(18-5-2)14-10-8-13(9-11-14)7-6-12-16-3/h8-11,15H,4-7,12H2,1-3H3. The van der Waals surface area contributed by atoms with Crippen LogP contribution in [0.5, 0.6) is 0 Å². The molecular formula is C15H24O3. The molecule has 0 radical (unpaired) electrons. The van der Waals surface area contributed by atoms with Gasteiger partial charge in [0, 0.05) is 32.5 Å². The third kappa shape index (κ3) is 5.17. The van der Waals surface area contributed by atoms with E-state index < -0.39 is 0 Å². The van der Waals surface area contributed by atoms with Gasteiger partial charge in [-0.15, -0.1) is 0 Å². The van der Waals surface area contributed by atoms with E-state index in [4.69, 9.17) is 14.2 Å². The third-order valence-electron chi connectivity index (χ3n) is 2.70. The van der Waals surface area contributed by atoms with Crippen LogP contribution in [0.3, 0.4) is 0 Å². The van der Waals surface area contributed by atoms with E-state index in [0.29, 0.717) is 13.2 Å². The summed E-state index contributed by atoms with van der Waals surface area (Å²) in [6.45, 7) is 6.07. The minimum atomic E-state index is -0.243. The zero-order valence-electron chi connectivity index (χ0n) is 11.6. The second kappa shape index (κ2) is 9.09. The first-order valence-electron chi connectivity index (χ1n) is 6.62. The minimum absolute atomic E-state index is 0.243. The van der Waals surface area contributed by atoms with Crippen LogP contribution in [0.2, 0.25) is 0 Å². The van der Waals surface area contributed by atoms with Crippen LogP contribution in [0.1, 0.15) is 37.7 Å². The molecule has 0 N–H and O–H groups in total. The summed E-state index contributed by atoms with van der Waals surface area (Å²) in [6.07, 6.45) is 1.85. The van der Waals surface area contributed by atoms with Crippen molar-refractivity contribution in [3.8, 4) is 0 Å². The molecule has 0 aromatic heterocycles. The summed E-state index contributed by atoms with van der Waals surface area (Å²) in [5.41, 5.74) is 2.40. The van der Waals surface area contributed by atoms with Gasteiger partial charge in [0.05, 0.1) is 0 Å². The predicted octanol–water partition coefficient (Wildman–Crippen LogP) is 3.34. The van der Waals surface area contributed by atoms with E-state index >= 15 is 0 Å². The molecule has 3 nitrogen and oxygen atoms in total. The number of aryl methyl sites for hydroxylation is 1. The monoisotopic (exact) mass is 252 g/mol.